The standard InChI is InChI=1S/C30H30ClF2N3O3/c1-35(19-20-2-6-22(31)7-3-20)28(37)25(21-4-8-23(32)9-5-21)12-17-36-27-11-10-24(33)18-26(27)30(39-29(36)38)13-15-34-16-14-30/h2-11,18,25,34H,12-17,19H2,1H3. The zero-order valence-electron chi connectivity index (χ0n) is 21.6. The summed E-state index contributed by atoms with van der Waals surface area (Å²) in [5.41, 5.74) is 1.92. The average molecular weight is 554 g/mol. The first kappa shape index (κ1) is 27.1. The number of carbonyl (C=O) groups excluding carboxylic acids is 2. The number of nitrogens with one attached hydrogen (secondary N) is 1. The molecule has 2 aliphatic heterocycles. The number of rotatable bonds is 7. The zero-order valence-corrected chi connectivity index (χ0v) is 22.4. The lowest BCUT2D eigenvalue weighted by Gasteiger charge is -2.45. The highest BCUT2D eigenvalue weighted by atomic mass is 35.5. The number of benzene rings is 3. The molecule has 0 radical (unpaired) electrons. The second-order valence-corrected chi connectivity index (χ2v) is 10.6. The van der Waals surface area contributed by atoms with Gasteiger partial charge in [-0.05, 0) is 73.1 Å². The van der Waals surface area contributed by atoms with E-state index in [-0.39, 0.29) is 18.9 Å². The van der Waals surface area contributed by atoms with E-state index in [2.05, 4.69) is 5.32 Å². The highest BCUT2D eigenvalue weighted by Crippen LogP contribution is 2.45. The van der Waals surface area contributed by atoms with Crippen molar-refractivity contribution in [1.82, 2.24) is 10.2 Å². The van der Waals surface area contributed by atoms with Gasteiger partial charge >= 0.3 is 6.09 Å². The molecule has 1 fully saturated rings. The summed E-state index contributed by atoms with van der Waals surface area (Å²) >= 11 is 6.00. The van der Waals surface area contributed by atoms with Crippen molar-refractivity contribution < 1.29 is 23.1 Å². The van der Waals surface area contributed by atoms with Crippen LogP contribution in [0.15, 0.2) is 66.7 Å². The molecule has 2 heterocycles. The number of halogens is 3. The van der Waals surface area contributed by atoms with Gasteiger partial charge in [-0.2, -0.15) is 0 Å². The second-order valence-electron chi connectivity index (χ2n) is 10.1. The highest BCUT2D eigenvalue weighted by molar-refractivity contribution is 6.30. The molecule has 9 heteroatoms. The molecule has 6 nitrogen and oxygen atoms in total. The first-order valence-corrected chi connectivity index (χ1v) is 13.4. The van der Waals surface area contributed by atoms with Crippen LogP contribution in [-0.2, 0) is 21.7 Å². The lowest BCUT2D eigenvalue weighted by atomic mass is 9.82. The van der Waals surface area contributed by atoms with E-state index in [1.807, 2.05) is 12.1 Å². The maximum absolute atomic E-state index is 14.4. The van der Waals surface area contributed by atoms with Crippen LogP contribution in [0.25, 0.3) is 0 Å². The van der Waals surface area contributed by atoms with E-state index in [9.17, 15) is 18.4 Å². The van der Waals surface area contributed by atoms with Gasteiger partial charge < -0.3 is 15.0 Å². The van der Waals surface area contributed by atoms with Crippen LogP contribution >= 0.6 is 11.6 Å². The molecule has 1 atom stereocenters. The van der Waals surface area contributed by atoms with Crippen LogP contribution in [0, 0.1) is 11.6 Å². The van der Waals surface area contributed by atoms with E-state index in [0.717, 1.165) is 5.56 Å². The molecule has 1 N–H and O–H groups in total. The Balaban J connectivity index is 1.40. The number of ether oxygens (including phenoxy) is 1. The highest BCUT2D eigenvalue weighted by Gasteiger charge is 2.46. The summed E-state index contributed by atoms with van der Waals surface area (Å²) in [4.78, 5) is 30.1. The maximum atomic E-state index is 14.4. The third kappa shape index (κ3) is 5.77. The number of hydrogen-bond donors (Lipinski definition) is 1. The van der Waals surface area contributed by atoms with E-state index >= 15 is 0 Å². The van der Waals surface area contributed by atoms with Crippen molar-refractivity contribution in [3.05, 3.63) is 100 Å². The van der Waals surface area contributed by atoms with Gasteiger partial charge in [-0.3, -0.25) is 9.69 Å². The van der Waals surface area contributed by atoms with Gasteiger partial charge in [-0.25, -0.2) is 13.6 Å². The number of amides is 2. The Hall–Kier alpha value is -3.49. The van der Waals surface area contributed by atoms with Crippen LogP contribution in [0.2, 0.25) is 5.02 Å². The minimum Gasteiger partial charge on any atom is -0.437 e. The van der Waals surface area contributed by atoms with Crippen molar-refractivity contribution in [3.8, 4) is 0 Å². The van der Waals surface area contributed by atoms with Gasteiger partial charge in [0, 0.05) is 43.6 Å². The predicted octanol–water partition coefficient (Wildman–Crippen LogP) is 5.99. The zero-order chi connectivity index (χ0) is 27.6. The Bertz CT molecular complexity index is 1340. The van der Waals surface area contributed by atoms with Crippen molar-refractivity contribution in [2.75, 3.05) is 31.6 Å². The molecule has 0 bridgehead atoms. The molecule has 2 amide bonds. The molecule has 204 valence electrons. The summed E-state index contributed by atoms with van der Waals surface area (Å²) in [6.45, 7) is 1.83. The monoisotopic (exact) mass is 553 g/mol. The van der Waals surface area contributed by atoms with Gasteiger partial charge in [0.05, 0.1) is 11.6 Å². The lowest BCUT2D eigenvalue weighted by molar-refractivity contribution is -0.132. The van der Waals surface area contributed by atoms with Crippen molar-refractivity contribution >= 4 is 29.3 Å². The first-order chi connectivity index (χ1) is 18.8. The van der Waals surface area contributed by atoms with Gasteiger partial charge in [0.1, 0.15) is 17.2 Å². The fourth-order valence-corrected chi connectivity index (χ4v) is 5.62. The molecular formula is C30H30ClF2N3O3. The normalized spacial score (nSPS) is 16.9. The average Bonchev–Trinajstić information content (AvgIpc) is 2.93. The largest absolute Gasteiger partial charge is 0.437 e. The maximum Gasteiger partial charge on any atom is 0.415 e. The van der Waals surface area contributed by atoms with Gasteiger partial charge in [0.15, 0.2) is 0 Å². The van der Waals surface area contributed by atoms with Crippen molar-refractivity contribution in [1.29, 1.82) is 0 Å². The predicted molar refractivity (Wildman–Crippen MR) is 146 cm³/mol. The van der Waals surface area contributed by atoms with E-state index in [1.165, 1.54) is 29.2 Å². The summed E-state index contributed by atoms with van der Waals surface area (Å²) in [6.07, 6.45) is 0.844. The molecule has 3 aromatic carbocycles. The van der Waals surface area contributed by atoms with Crippen molar-refractivity contribution in [3.63, 3.8) is 0 Å². The fourth-order valence-electron chi connectivity index (χ4n) is 5.49. The minimum atomic E-state index is -0.874. The van der Waals surface area contributed by atoms with E-state index in [4.69, 9.17) is 16.3 Å². The van der Waals surface area contributed by atoms with E-state index in [0.29, 0.717) is 54.3 Å². The Morgan fingerprint density at radius 2 is 1.72 bits per heavy atom. The Morgan fingerprint density at radius 3 is 2.41 bits per heavy atom. The first-order valence-electron chi connectivity index (χ1n) is 13.0. The van der Waals surface area contributed by atoms with Gasteiger partial charge in [0.2, 0.25) is 5.91 Å². The summed E-state index contributed by atoms with van der Waals surface area (Å²) in [5.74, 6) is -1.61. The lowest BCUT2D eigenvalue weighted by Crippen LogP contribution is -2.51. The van der Waals surface area contributed by atoms with Gasteiger partial charge in [0.25, 0.3) is 0 Å². The Labute approximate surface area is 231 Å². The molecule has 0 saturated carbocycles. The SMILES string of the molecule is CN(Cc1ccc(Cl)cc1)C(=O)C(CCN1C(=O)OC2(CCNCC2)c2cc(F)ccc21)c1ccc(F)cc1. The van der Waals surface area contributed by atoms with Crippen LogP contribution in [-0.4, -0.2) is 43.6 Å². The number of anilines is 1. The Morgan fingerprint density at radius 1 is 1.05 bits per heavy atom. The van der Waals surface area contributed by atoms with Gasteiger partial charge in [-0.15, -0.1) is 0 Å². The molecule has 5 rings (SSSR count). The van der Waals surface area contributed by atoms with Crippen molar-refractivity contribution in [2.45, 2.75) is 37.3 Å². The van der Waals surface area contributed by atoms with Crippen molar-refractivity contribution in [2.24, 2.45) is 0 Å². The molecule has 1 saturated heterocycles. The molecule has 0 aliphatic carbocycles. The molecule has 2 aliphatic rings. The number of carbonyl (C=O) groups is 2. The number of nitrogens with zero attached hydrogens (tertiary/aromatic N) is 2. The molecular weight excluding hydrogens is 524 g/mol. The summed E-state index contributed by atoms with van der Waals surface area (Å²) in [6, 6.07) is 17.5. The van der Waals surface area contributed by atoms with E-state index < -0.39 is 29.2 Å². The molecule has 39 heavy (non-hydrogen) atoms. The summed E-state index contributed by atoms with van der Waals surface area (Å²) in [7, 11) is 1.71. The summed E-state index contributed by atoms with van der Waals surface area (Å²) in [5, 5.41) is 3.87. The molecule has 1 spiro atoms. The van der Waals surface area contributed by atoms with Gasteiger partial charge in [-0.1, -0.05) is 35.9 Å². The van der Waals surface area contributed by atoms with Crippen LogP contribution in [0.3, 0.4) is 0 Å². The number of hydrogen-bond acceptors (Lipinski definition) is 4. The number of likely N-dealkylation sites (N-methyl/N-ethyl adjacent to an activating group) is 1. The smallest absolute Gasteiger partial charge is 0.415 e. The minimum absolute atomic E-state index is 0.161. The quantitative estimate of drug-likeness (QED) is 0.391. The van der Waals surface area contributed by atoms with Crippen LogP contribution in [0.4, 0.5) is 19.3 Å². The summed E-state index contributed by atoms with van der Waals surface area (Å²) < 4.78 is 34.1. The second kappa shape index (κ2) is 11.3. The molecule has 0 aromatic heterocycles. The van der Waals surface area contributed by atoms with E-state index in [1.54, 1.807) is 42.3 Å². The topological polar surface area (TPSA) is 61.9 Å². The number of piperidine rings is 1. The Kier molecular flexibility index (Phi) is 7.86. The number of fused-ring (bicyclic) bond motifs is 2. The fraction of sp³-hybridized carbons (Fsp3) is 0.333. The van der Waals surface area contributed by atoms with Crippen LogP contribution in [0.1, 0.15) is 41.9 Å². The van der Waals surface area contributed by atoms with Crippen LogP contribution in [0.5, 0.6) is 0 Å². The van der Waals surface area contributed by atoms with Crippen LogP contribution < -0.4 is 10.2 Å². The molecule has 1 unspecified atom stereocenters. The molecule has 3 aromatic rings. The third-order valence-corrected chi connectivity index (χ3v) is 7.83. The third-order valence-electron chi connectivity index (χ3n) is 7.58.